The van der Waals surface area contributed by atoms with Gasteiger partial charge in [0.25, 0.3) is 0 Å². The van der Waals surface area contributed by atoms with Crippen molar-refractivity contribution in [2.45, 2.75) is 157 Å². The van der Waals surface area contributed by atoms with Crippen molar-refractivity contribution in [1.82, 2.24) is 0 Å². The van der Waals surface area contributed by atoms with Crippen molar-refractivity contribution in [3.8, 4) is 11.5 Å². The van der Waals surface area contributed by atoms with Gasteiger partial charge in [-0.1, -0.05) is 149 Å². The van der Waals surface area contributed by atoms with E-state index in [2.05, 4.69) is 149 Å². The highest BCUT2D eigenvalue weighted by molar-refractivity contribution is 7.00. The van der Waals surface area contributed by atoms with E-state index < -0.39 is 13.9 Å². The van der Waals surface area contributed by atoms with E-state index in [1.54, 1.807) is 0 Å². The molecule has 2 rings (SSSR count). The molecule has 0 heterocycles. The maximum absolute atomic E-state index is 7.19. The van der Waals surface area contributed by atoms with E-state index in [1.807, 2.05) is 0 Å². The van der Waals surface area contributed by atoms with Crippen molar-refractivity contribution >= 4 is 23.9 Å². The molecule has 0 radical (unpaired) electrons. The zero-order valence-electron chi connectivity index (χ0n) is 29.1. The minimum Gasteiger partial charge on any atom is -0.599 e. The molecule has 0 aliphatic heterocycles. The third-order valence-electron chi connectivity index (χ3n) is 7.56. The van der Waals surface area contributed by atoms with Gasteiger partial charge in [0.15, 0.2) is 0 Å². The highest BCUT2D eigenvalue weighted by Gasteiger charge is 2.40. The van der Waals surface area contributed by atoms with Crippen molar-refractivity contribution in [3.05, 3.63) is 57.6 Å². The Kier molecular flexibility index (Phi) is 9.79. The summed E-state index contributed by atoms with van der Waals surface area (Å²) in [6, 6.07) is 9.29. The standard InChI is InChI=1S/2C18H30O.Al.ClH/c2*1-16(2,3)12-10-13(17(4,5)6)15(19)14(11-12)18(7,8)9;;/h2*10-11,19H,1-9H3;;1H/q;;+3;/p-3. The second-order valence-electron chi connectivity index (χ2n) is 17.8. The molecule has 2 aromatic carbocycles. The van der Waals surface area contributed by atoms with Crippen molar-refractivity contribution in [2.75, 3.05) is 0 Å². The van der Waals surface area contributed by atoms with Gasteiger partial charge < -0.3 is 7.58 Å². The minimum absolute atomic E-state index is 0.0187. The first kappa shape index (κ1) is 35.1. The Hall–Kier alpha value is -1.14. The summed E-state index contributed by atoms with van der Waals surface area (Å²) in [5.74, 6) is 1.78. The van der Waals surface area contributed by atoms with E-state index >= 15 is 0 Å². The van der Waals surface area contributed by atoms with Gasteiger partial charge in [0.1, 0.15) is 0 Å². The molecule has 0 bridgehead atoms. The Morgan fingerprint density at radius 2 is 0.600 bits per heavy atom. The Bertz CT molecular complexity index is 1030. The molecule has 0 amide bonds. The molecule has 2 nitrogen and oxygen atoms in total. The van der Waals surface area contributed by atoms with E-state index in [0.717, 1.165) is 11.5 Å². The first-order valence-electron chi connectivity index (χ1n) is 14.9. The fourth-order valence-electron chi connectivity index (χ4n) is 4.82. The van der Waals surface area contributed by atoms with E-state index in [4.69, 9.17) is 17.6 Å². The highest BCUT2D eigenvalue weighted by Crippen LogP contribution is 2.46. The molecule has 0 N–H and O–H groups in total. The van der Waals surface area contributed by atoms with Crippen LogP contribution >= 0.6 is 10.0 Å². The Morgan fingerprint density at radius 3 is 0.750 bits per heavy atom. The van der Waals surface area contributed by atoms with E-state index in [1.165, 1.54) is 33.4 Å². The van der Waals surface area contributed by atoms with E-state index in [-0.39, 0.29) is 32.5 Å². The van der Waals surface area contributed by atoms with Crippen LogP contribution in [0.3, 0.4) is 0 Å². The zero-order chi connectivity index (χ0) is 31.4. The van der Waals surface area contributed by atoms with Crippen molar-refractivity contribution in [3.63, 3.8) is 0 Å². The summed E-state index contributed by atoms with van der Waals surface area (Å²) in [5, 5.41) is 0. The summed E-state index contributed by atoms with van der Waals surface area (Å²) in [7, 11) is 7.19. The number of rotatable bonds is 4. The van der Waals surface area contributed by atoms with Crippen molar-refractivity contribution < 1.29 is 7.58 Å². The lowest BCUT2D eigenvalue weighted by Gasteiger charge is -2.35. The lowest BCUT2D eigenvalue weighted by molar-refractivity contribution is 0.404. The summed E-state index contributed by atoms with van der Waals surface area (Å²) in [5.41, 5.74) is 6.90. The highest BCUT2D eigenvalue weighted by atomic mass is 35.6. The molecule has 0 aliphatic carbocycles. The van der Waals surface area contributed by atoms with Crippen LogP contribution < -0.4 is 7.58 Å². The maximum Gasteiger partial charge on any atom is 0.999 e. The minimum atomic E-state index is -2.70. The summed E-state index contributed by atoms with van der Waals surface area (Å²) < 4.78 is 13.6. The van der Waals surface area contributed by atoms with Gasteiger partial charge in [-0.2, -0.15) is 10.0 Å². The van der Waals surface area contributed by atoms with Gasteiger partial charge in [-0.25, -0.2) is 0 Å². The van der Waals surface area contributed by atoms with Crippen LogP contribution in [-0.4, -0.2) is 13.9 Å². The Labute approximate surface area is 256 Å². The van der Waals surface area contributed by atoms with Gasteiger partial charge in [0.05, 0.1) is 11.5 Å². The largest absolute Gasteiger partial charge is 0.999 e. The molecule has 0 unspecified atom stereocenters. The predicted octanol–water partition coefficient (Wildman–Crippen LogP) is 11.2. The van der Waals surface area contributed by atoms with Crippen LogP contribution in [0, 0.1) is 0 Å². The molecule has 2 aromatic rings. The summed E-state index contributed by atoms with van der Waals surface area (Å²) >= 11 is -2.70. The molecule has 4 heteroatoms. The van der Waals surface area contributed by atoms with Crippen LogP contribution in [0.15, 0.2) is 24.3 Å². The van der Waals surface area contributed by atoms with Gasteiger partial charge in [0.2, 0.25) is 0 Å². The quantitative estimate of drug-likeness (QED) is 0.333. The van der Waals surface area contributed by atoms with Gasteiger partial charge in [-0.3, -0.25) is 0 Å². The second kappa shape index (κ2) is 11.2. The molecule has 40 heavy (non-hydrogen) atoms. The summed E-state index contributed by atoms with van der Waals surface area (Å²) in [6.07, 6.45) is 0. The molecule has 0 fully saturated rings. The second-order valence-corrected chi connectivity index (χ2v) is 19.9. The molecule has 224 valence electrons. The van der Waals surface area contributed by atoms with Gasteiger partial charge >= 0.3 is 13.9 Å². The smallest absolute Gasteiger partial charge is 0.599 e. The van der Waals surface area contributed by atoms with E-state index in [9.17, 15) is 0 Å². The molecule has 0 atom stereocenters. The number of hydrogen-bond donors (Lipinski definition) is 0. The average Bonchev–Trinajstić information content (AvgIpc) is 2.68. The van der Waals surface area contributed by atoms with Crippen LogP contribution in [0.2, 0.25) is 0 Å². The van der Waals surface area contributed by atoms with Crippen LogP contribution in [-0.2, 0) is 32.5 Å². The average molecular weight is 585 g/mol. The molecule has 0 spiro atoms. The normalized spacial score (nSPS) is 13.9. The third kappa shape index (κ3) is 8.46. The topological polar surface area (TPSA) is 18.5 Å². The molecule has 0 saturated heterocycles. The lowest BCUT2D eigenvalue weighted by atomic mass is 9.75. The van der Waals surface area contributed by atoms with Gasteiger partial charge in [-0.15, -0.1) is 0 Å². The number of halogens is 1. The van der Waals surface area contributed by atoms with Gasteiger partial charge in [0, 0.05) is 0 Å². The summed E-state index contributed by atoms with van der Waals surface area (Å²) in [4.78, 5) is 0. The first-order chi connectivity index (χ1) is 17.5. The molecular weight excluding hydrogens is 527 g/mol. The van der Waals surface area contributed by atoms with Crippen LogP contribution in [0.25, 0.3) is 0 Å². The van der Waals surface area contributed by atoms with Gasteiger partial charge in [-0.05, 0) is 65.9 Å². The molecular formula is C36H58AlClO2. The Morgan fingerprint density at radius 1 is 0.400 bits per heavy atom. The molecule has 0 aromatic heterocycles. The third-order valence-corrected chi connectivity index (χ3v) is 8.94. The fraction of sp³-hybridized carbons (Fsp3) is 0.667. The predicted molar refractivity (Wildman–Crippen MR) is 178 cm³/mol. The fourth-order valence-corrected chi connectivity index (χ4v) is 6.28. The SMILES string of the molecule is CC(C)(C)c1cc(C(C)(C)C)c([O][Al]([Cl])[O]c2c(C(C)(C)C)cc(C(C)(C)C)cc2C(C)(C)C)c(C(C)(C)C)c1. The number of hydrogen-bond acceptors (Lipinski definition) is 2. The molecule has 0 saturated carbocycles. The van der Waals surface area contributed by atoms with Crippen LogP contribution in [0.1, 0.15) is 158 Å². The van der Waals surface area contributed by atoms with E-state index in [0.29, 0.717) is 0 Å². The van der Waals surface area contributed by atoms with Crippen LogP contribution in [0.5, 0.6) is 11.5 Å². The Balaban J connectivity index is 2.80. The van der Waals surface area contributed by atoms with Crippen LogP contribution in [0.4, 0.5) is 0 Å². The monoisotopic (exact) mass is 584 g/mol. The summed E-state index contributed by atoms with van der Waals surface area (Å²) in [6.45, 7) is 40.6. The van der Waals surface area contributed by atoms with Crippen molar-refractivity contribution in [1.29, 1.82) is 0 Å². The lowest BCUT2D eigenvalue weighted by Crippen LogP contribution is -2.31. The number of benzene rings is 2. The molecule has 0 aliphatic rings. The first-order valence-corrected chi connectivity index (χ1v) is 17.6. The maximum atomic E-state index is 7.19. The van der Waals surface area contributed by atoms with Crippen molar-refractivity contribution in [2.24, 2.45) is 0 Å². The zero-order valence-corrected chi connectivity index (χ0v) is 31.0.